The number of fused-ring (bicyclic) bond motifs is 4. The number of aromatic nitrogens is 2. The molecule has 0 radical (unpaired) electrons. The highest BCUT2D eigenvalue weighted by Gasteiger charge is 2.52. The first-order valence-electron chi connectivity index (χ1n) is 9.66. The molecule has 4 atom stereocenters. The van der Waals surface area contributed by atoms with E-state index < -0.39 is 0 Å². The van der Waals surface area contributed by atoms with Crippen molar-refractivity contribution in [3.8, 4) is 5.75 Å². The third kappa shape index (κ3) is 2.57. The van der Waals surface area contributed by atoms with E-state index in [1.165, 1.54) is 11.1 Å². The maximum absolute atomic E-state index is 6.71. The van der Waals surface area contributed by atoms with E-state index in [2.05, 4.69) is 48.2 Å². The van der Waals surface area contributed by atoms with Crippen molar-refractivity contribution in [3.63, 3.8) is 0 Å². The Morgan fingerprint density at radius 1 is 1.27 bits per heavy atom. The molecule has 1 aromatic carbocycles. The highest BCUT2D eigenvalue weighted by atomic mass is 16.5. The molecule has 0 spiro atoms. The van der Waals surface area contributed by atoms with Crippen LogP contribution in [0.2, 0.25) is 0 Å². The van der Waals surface area contributed by atoms with Gasteiger partial charge in [-0.25, -0.2) is 0 Å². The SMILES string of the molecule is Cn1cc(CN2CC[C@H]3O[C@H]4c5ccccc5OC(C)(C)[C@@H]4C[C@H]32)cn1. The van der Waals surface area contributed by atoms with Crippen molar-refractivity contribution in [2.24, 2.45) is 13.0 Å². The lowest BCUT2D eigenvalue weighted by Crippen LogP contribution is -2.53. The van der Waals surface area contributed by atoms with Gasteiger partial charge in [0.1, 0.15) is 11.4 Å². The van der Waals surface area contributed by atoms with E-state index in [-0.39, 0.29) is 11.7 Å². The van der Waals surface area contributed by atoms with Crippen LogP contribution in [0.4, 0.5) is 0 Å². The second-order valence-electron chi connectivity index (χ2n) is 8.53. The number of nitrogens with zero attached hydrogens (tertiary/aromatic N) is 3. The minimum absolute atomic E-state index is 0.148. The van der Waals surface area contributed by atoms with E-state index in [4.69, 9.17) is 9.47 Å². The van der Waals surface area contributed by atoms with Crippen molar-refractivity contribution in [1.29, 1.82) is 0 Å². The average Bonchev–Trinajstić information content (AvgIpc) is 3.20. The molecule has 0 saturated carbocycles. The summed E-state index contributed by atoms with van der Waals surface area (Å²) in [5.74, 6) is 1.36. The van der Waals surface area contributed by atoms with Gasteiger partial charge >= 0.3 is 0 Å². The topological polar surface area (TPSA) is 39.5 Å². The largest absolute Gasteiger partial charge is 0.487 e. The highest BCUT2D eigenvalue weighted by molar-refractivity contribution is 5.39. The van der Waals surface area contributed by atoms with Gasteiger partial charge in [-0.15, -0.1) is 0 Å². The molecular weight excluding hydrogens is 326 g/mol. The summed E-state index contributed by atoms with van der Waals surface area (Å²) in [6.07, 6.45) is 6.78. The van der Waals surface area contributed by atoms with Gasteiger partial charge in [0.2, 0.25) is 0 Å². The lowest BCUT2D eigenvalue weighted by Gasteiger charge is -2.50. The normalized spacial score (nSPS) is 32.4. The zero-order valence-electron chi connectivity index (χ0n) is 15.8. The van der Waals surface area contributed by atoms with Gasteiger partial charge in [-0.05, 0) is 32.8 Å². The number of likely N-dealkylation sites (tertiary alicyclic amines) is 1. The van der Waals surface area contributed by atoms with Crippen molar-refractivity contribution in [1.82, 2.24) is 14.7 Å². The number of hydrogen-bond donors (Lipinski definition) is 0. The maximum atomic E-state index is 6.71. The Kier molecular flexibility index (Phi) is 3.66. The fourth-order valence-corrected chi connectivity index (χ4v) is 5.10. The lowest BCUT2D eigenvalue weighted by molar-refractivity contribution is -0.162. The van der Waals surface area contributed by atoms with E-state index in [1.54, 1.807) is 0 Å². The van der Waals surface area contributed by atoms with Crippen LogP contribution in [-0.2, 0) is 18.3 Å². The number of rotatable bonds is 2. The summed E-state index contributed by atoms with van der Waals surface area (Å²) in [7, 11) is 1.98. The molecule has 1 aromatic heterocycles. The third-order valence-electron chi connectivity index (χ3n) is 6.42. The highest BCUT2D eigenvalue weighted by Crippen LogP contribution is 2.52. The predicted molar refractivity (Wildman–Crippen MR) is 98.9 cm³/mol. The van der Waals surface area contributed by atoms with Crippen LogP contribution in [0, 0.1) is 5.92 Å². The first-order valence-corrected chi connectivity index (χ1v) is 9.66. The summed E-state index contributed by atoms with van der Waals surface area (Å²) in [6.45, 7) is 6.47. The van der Waals surface area contributed by atoms with Crippen molar-refractivity contribution >= 4 is 0 Å². The minimum Gasteiger partial charge on any atom is -0.487 e. The molecule has 5 heteroatoms. The molecule has 5 nitrogen and oxygen atoms in total. The Bertz CT molecular complexity index is 815. The fourth-order valence-electron chi connectivity index (χ4n) is 5.10. The van der Waals surface area contributed by atoms with Crippen molar-refractivity contribution in [3.05, 3.63) is 47.8 Å². The van der Waals surface area contributed by atoms with Crippen LogP contribution in [0.1, 0.15) is 43.9 Å². The van der Waals surface area contributed by atoms with E-state index in [9.17, 15) is 0 Å². The Hall–Kier alpha value is -1.85. The van der Waals surface area contributed by atoms with Crippen LogP contribution in [-0.4, -0.2) is 39.0 Å². The summed E-state index contributed by atoms with van der Waals surface area (Å²) in [6, 6.07) is 8.85. The van der Waals surface area contributed by atoms with Gasteiger partial charge in [0.25, 0.3) is 0 Å². The third-order valence-corrected chi connectivity index (χ3v) is 6.42. The van der Waals surface area contributed by atoms with Crippen molar-refractivity contribution < 1.29 is 9.47 Å². The minimum atomic E-state index is -0.216. The summed E-state index contributed by atoms with van der Waals surface area (Å²) in [4.78, 5) is 2.58. The van der Waals surface area contributed by atoms with Crippen LogP contribution in [0.3, 0.4) is 0 Å². The van der Waals surface area contributed by atoms with E-state index >= 15 is 0 Å². The van der Waals surface area contributed by atoms with Crippen LogP contribution < -0.4 is 4.74 Å². The fraction of sp³-hybridized carbons (Fsp3) is 0.571. The number of para-hydroxylation sites is 1. The Labute approximate surface area is 154 Å². The maximum Gasteiger partial charge on any atom is 0.125 e. The van der Waals surface area contributed by atoms with Gasteiger partial charge in [0, 0.05) is 49.4 Å². The zero-order chi connectivity index (χ0) is 17.9. The molecule has 2 aromatic rings. The van der Waals surface area contributed by atoms with E-state index in [0.29, 0.717) is 18.1 Å². The quantitative estimate of drug-likeness (QED) is 0.830. The summed E-state index contributed by atoms with van der Waals surface area (Å²) >= 11 is 0. The van der Waals surface area contributed by atoms with Gasteiger partial charge in [-0.3, -0.25) is 9.58 Å². The van der Waals surface area contributed by atoms with Crippen molar-refractivity contribution in [2.45, 2.75) is 57.1 Å². The summed E-state index contributed by atoms with van der Waals surface area (Å²) in [5, 5.41) is 4.32. The number of aryl methyl sites for hydroxylation is 1. The smallest absolute Gasteiger partial charge is 0.125 e. The Balaban J connectivity index is 1.41. The number of hydrogen-bond acceptors (Lipinski definition) is 4. The van der Waals surface area contributed by atoms with Crippen molar-refractivity contribution in [2.75, 3.05) is 6.54 Å². The molecule has 3 aliphatic rings. The van der Waals surface area contributed by atoms with Crippen LogP contribution >= 0.6 is 0 Å². The molecule has 0 unspecified atom stereocenters. The Morgan fingerprint density at radius 3 is 2.92 bits per heavy atom. The Morgan fingerprint density at radius 2 is 2.12 bits per heavy atom. The molecular formula is C21H27N3O2. The van der Waals surface area contributed by atoms with Crippen LogP contribution in [0.5, 0.6) is 5.75 Å². The standard InChI is InChI=1S/C21H27N3O2/c1-21(2)16-10-17-19(8-9-24(17)13-14-11-22-23(3)12-14)25-20(16)15-6-4-5-7-18(15)26-21/h4-7,11-12,16-17,19-20H,8-10,13H2,1-3H3/t16-,17-,19-,20+/m1/s1. The summed E-state index contributed by atoms with van der Waals surface area (Å²) in [5.41, 5.74) is 2.28. The van der Waals surface area contributed by atoms with Crippen LogP contribution in [0.15, 0.2) is 36.7 Å². The monoisotopic (exact) mass is 353 g/mol. The molecule has 26 heavy (non-hydrogen) atoms. The van der Waals surface area contributed by atoms with E-state index in [1.807, 2.05) is 24.0 Å². The second-order valence-corrected chi connectivity index (χ2v) is 8.53. The average molecular weight is 353 g/mol. The first kappa shape index (κ1) is 16.3. The predicted octanol–water partition coefficient (Wildman–Crippen LogP) is 3.31. The first-order chi connectivity index (χ1) is 12.5. The summed E-state index contributed by atoms with van der Waals surface area (Å²) < 4.78 is 15.0. The molecule has 0 N–H and O–H groups in total. The van der Waals surface area contributed by atoms with Gasteiger partial charge < -0.3 is 9.47 Å². The van der Waals surface area contributed by atoms with Gasteiger partial charge in [-0.2, -0.15) is 5.10 Å². The van der Waals surface area contributed by atoms with Gasteiger partial charge in [0.05, 0.1) is 18.4 Å². The molecule has 2 saturated heterocycles. The van der Waals surface area contributed by atoms with Crippen LogP contribution in [0.25, 0.3) is 0 Å². The molecule has 0 amide bonds. The molecule has 2 fully saturated rings. The molecule has 3 aliphatic heterocycles. The lowest BCUT2D eigenvalue weighted by atomic mass is 9.74. The number of benzene rings is 1. The second kappa shape index (κ2) is 5.83. The van der Waals surface area contributed by atoms with Gasteiger partial charge in [-0.1, -0.05) is 18.2 Å². The number of ether oxygens (including phenoxy) is 2. The molecule has 138 valence electrons. The molecule has 0 bridgehead atoms. The molecule has 4 heterocycles. The van der Waals surface area contributed by atoms with Gasteiger partial charge in [0.15, 0.2) is 0 Å². The molecule has 5 rings (SSSR count). The molecule has 0 aliphatic carbocycles. The van der Waals surface area contributed by atoms with E-state index in [0.717, 1.165) is 31.7 Å². The zero-order valence-corrected chi connectivity index (χ0v) is 15.8.